The first kappa shape index (κ1) is 14.3. The van der Waals surface area contributed by atoms with Crippen molar-refractivity contribution in [3.63, 3.8) is 0 Å². The molecule has 0 bridgehead atoms. The molecule has 98 valence electrons. The molecule has 5 heteroatoms. The van der Waals surface area contributed by atoms with Gasteiger partial charge in [-0.25, -0.2) is 8.78 Å². The first-order valence-electron chi connectivity index (χ1n) is 5.71. The number of halogens is 2. The summed E-state index contributed by atoms with van der Waals surface area (Å²) in [4.78, 5) is 21.8. The van der Waals surface area contributed by atoms with Crippen LogP contribution in [-0.4, -0.2) is 16.9 Å². The Labute approximate surface area is 103 Å². The number of unbranched alkanes of at least 4 members (excludes halogenated alkanes) is 2. The molecule has 18 heavy (non-hydrogen) atoms. The fourth-order valence-electron chi connectivity index (χ4n) is 1.63. The molecule has 3 nitrogen and oxygen atoms in total. The predicted octanol–water partition coefficient (Wildman–Crippen LogP) is 3.18. The second-order valence-electron chi connectivity index (χ2n) is 3.97. The summed E-state index contributed by atoms with van der Waals surface area (Å²) in [6, 6.07) is 3.29. The Balaban J connectivity index is 2.44. The quantitative estimate of drug-likeness (QED) is 0.602. The number of carboxylic acids is 1. The van der Waals surface area contributed by atoms with Gasteiger partial charge in [0, 0.05) is 12.8 Å². The molecule has 0 aliphatic carbocycles. The van der Waals surface area contributed by atoms with Crippen molar-refractivity contribution in [3.05, 3.63) is 35.4 Å². The Morgan fingerprint density at radius 1 is 1.00 bits per heavy atom. The highest BCUT2D eigenvalue weighted by molar-refractivity contribution is 5.96. The van der Waals surface area contributed by atoms with E-state index in [0.717, 1.165) is 12.1 Å². The predicted molar refractivity (Wildman–Crippen MR) is 61.4 cm³/mol. The maximum Gasteiger partial charge on any atom is 0.303 e. The molecule has 0 saturated carbocycles. The number of hydrogen-bond acceptors (Lipinski definition) is 2. The van der Waals surface area contributed by atoms with E-state index in [1.54, 1.807) is 0 Å². The van der Waals surface area contributed by atoms with Crippen molar-refractivity contribution < 1.29 is 23.5 Å². The highest BCUT2D eigenvalue weighted by Gasteiger charge is 2.16. The van der Waals surface area contributed by atoms with Gasteiger partial charge in [0.2, 0.25) is 0 Å². The number of rotatable bonds is 7. The number of carboxylic acid groups (broad SMARTS) is 1. The van der Waals surface area contributed by atoms with Gasteiger partial charge >= 0.3 is 5.97 Å². The topological polar surface area (TPSA) is 54.4 Å². The third-order valence-corrected chi connectivity index (χ3v) is 2.54. The Morgan fingerprint density at radius 2 is 1.56 bits per heavy atom. The summed E-state index contributed by atoms with van der Waals surface area (Å²) in [7, 11) is 0. The van der Waals surface area contributed by atoms with Crippen molar-refractivity contribution in [2.75, 3.05) is 0 Å². The fourth-order valence-corrected chi connectivity index (χ4v) is 1.63. The molecule has 1 rings (SSSR count). The van der Waals surface area contributed by atoms with Crippen molar-refractivity contribution in [3.8, 4) is 0 Å². The first-order chi connectivity index (χ1) is 8.52. The van der Waals surface area contributed by atoms with Crippen LogP contribution in [-0.2, 0) is 4.79 Å². The molecule has 1 N–H and O–H groups in total. The molecule has 1 aromatic rings. The van der Waals surface area contributed by atoms with E-state index in [1.165, 1.54) is 6.07 Å². The summed E-state index contributed by atoms with van der Waals surface area (Å²) in [5.74, 6) is -3.18. The van der Waals surface area contributed by atoms with Crippen LogP contribution in [0.5, 0.6) is 0 Å². The minimum atomic E-state index is -0.888. The van der Waals surface area contributed by atoms with Crippen LogP contribution in [0, 0.1) is 11.6 Å². The van der Waals surface area contributed by atoms with Crippen LogP contribution in [0.3, 0.4) is 0 Å². The van der Waals surface area contributed by atoms with Crippen molar-refractivity contribution in [1.29, 1.82) is 0 Å². The van der Waals surface area contributed by atoms with E-state index < -0.39 is 29.0 Å². The van der Waals surface area contributed by atoms with Crippen LogP contribution in [0.15, 0.2) is 18.2 Å². The van der Waals surface area contributed by atoms with Crippen LogP contribution in [0.1, 0.15) is 42.5 Å². The normalized spacial score (nSPS) is 10.3. The number of hydrogen-bond donors (Lipinski definition) is 1. The van der Waals surface area contributed by atoms with Crippen molar-refractivity contribution in [1.82, 2.24) is 0 Å². The summed E-state index contributed by atoms with van der Waals surface area (Å²) in [5.41, 5.74) is -0.504. The largest absolute Gasteiger partial charge is 0.481 e. The number of aliphatic carboxylic acids is 1. The fraction of sp³-hybridized carbons (Fsp3) is 0.385. The number of carbonyl (C=O) groups excluding carboxylic acids is 1. The van der Waals surface area contributed by atoms with Crippen LogP contribution in [0.4, 0.5) is 8.78 Å². The van der Waals surface area contributed by atoms with Crippen LogP contribution in [0.2, 0.25) is 0 Å². The molecule has 0 aromatic heterocycles. The summed E-state index contributed by atoms with van der Waals surface area (Å²) in [5, 5.41) is 8.41. The summed E-state index contributed by atoms with van der Waals surface area (Å²) in [6.45, 7) is 0. The lowest BCUT2D eigenvalue weighted by molar-refractivity contribution is -0.137. The van der Waals surface area contributed by atoms with E-state index in [1.807, 2.05) is 0 Å². The van der Waals surface area contributed by atoms with Crippen LogP contribution < -0.4 is 0 Å². The molecule has 0 aliphatic rings. The van der Waals surface area contributed by atoms with Crippen molar-refractivity contribution >= 4 is 11.8 Å². The Hall–Kier alpha value is -1.78. The van der Waals surface area contributed by atoms with Gasteiger partial charge in [0.1, 0.15) is 11.6 Å². The van der Waals surface area contributed by atoms with E-state index in [2.05, 4.69) is 0 Å². The van der Waals surface area contributed by atoms with Gasteiger partial charge in [-0.15, -0.1) is 0 Å². The molecule has 0 fully saturated rings. The maximum atomic E-state index is 13.2. The third kappa shape index (κ3) is 4.24. The van der Waals surface area contributed by atoms with Gasteiger partial charge in [-0.05, 0) is 25.0 Å². The standard InChI is InChI=1S/C13H14F2O3/c14-9-5-4-6-10(15)13(9)11(16)7-2-1-3-8-12(17)18/h4-6H,1-3,7-8H2,(H,17,18). The van der Waals surface area contributed by atoms with Gasteiger partial charge in [-0.3, -0.25) is 9.59 Å². The molecule has 0 radical (unpaired) electrons. The summed E-state index contributed by atoms with van der Waals surface area (Å²) >= 11 is 0. The van der Waals surface area contributed by atoms with Gasteiger partial charge in [0.25, 0.3) is 0 Å². The van der Waals surface area contributed by atoms with Crippen molar-refractivity contribution in [2.24, 2.45) is 0 Å². The number of ketones is 1. The SMILES string of the molecule is O=C(O)CCCCCC(=O)c1c(F)cccc1F. The molecule has 0 unspecified atom stereocenters. The maximum absolute atomic E-state index is 13.2. The monoisotopic (exact) mass is 256 g/mol. The Kier molecular flexibility index (Phi) is 5.42. The molecule has 0 aliphatic heterocycles. The third-order valence-electron chi connectivity index (χ3n) is 2.54. The lowest BCUT2D eigenvalue weighted by Crippen LogP contribution is -2.05. The molecule has 1 aromatic carbocycles. The highest BCUT2D eigenvalue weighted by atomic mass is 19.1. The van der Waals surface area contributed by atoms with Gasteiger partial charge in [0.15, 0.2) is 5.78 Å². The van der Waals surface area contributed by atoms with Gasteiger partial charge < -0.3 is 5.11 Å². The number of benzene rings is 1. The zero-order valence-corrected chi connectivity index (χ0v) is 9.79. The lowest BCUT2D eigenvalue weighted by Gasteiger charge is -2.03. The van der Waals surface area contributed by atoms with Crippen LogP contribution in [0.25, 0.3) is 0 Å². The molecule has 0 spiro atoms. The lowest BCUT2D eigenvalue weighted by atomic mass is 10.0. The average Bonchev–Trinajstić information content (AvgIpc) is 2.27. The highest BCUT2D eigenvalue weighted by Crippen LogP contribution is 2.16. The van der Waals surface area contributed by atoms with Crippen LogP contribution >= 0.6 is 0 Å². The Morgan fingerprint density at radius 3 is 2.11 bits per heavy atom. The molecular formula is C13H14F2O3. The van der Waals surface area contributed by atoms with Gasteiger partial charge in [0.05, 0.1) is 5.56 Å². The molecule has 0 amide bonds. The van der Waals surface area contributed by atoms with E-state index in [-0.39, 0.29) is 12.8 Å². The number of Topliss-reactive ketones (excluding diaryl/α,β-unsaturated/α-hetero) is 1. The summed E-state index contributed by atoms with van der Waals surface area (Å²) < 4.78 is 26.5. The number of carbonyl (C=O) groups is 2. The molecule has 0 saturated heterocycles. The molecular weight excluding hydrogens is 242 g/mol. The van der Waals surface area contributed by atoms with E-state index in [0.29, 0.717) is 19.3 Å². The van der Waals surface area contributed by atoms with E-state index in [4.69, 9.17) is 5.11 Å². The average molecular weight is 256 g/mol. The first-order valence-corrected chi connectivity index (χ1v) is 5.71. The van der Waals surface area contributed by atoms with E-state index in [9.17, 15) is 18.4 Å². The zero-order valence-electron chi connectivity index (χ0n) is 9.79. The molecule has 0 heterocycles. The smallest absolute Gasteiger partial charge is 0.303 e. The van der Waals surface area contributed by atoms with Gasteiger partial charge in [-0.1, -0.05) is 12.5 Å². The van der Waals surface area contributed by atoms with Crippen molar-refractivity contribution in [2.45, 2.75) is 32.1 Å². The second kappa shape index (κ2) is 6.83. The Bertz CT molecular complexity index is 424. The van der Waals surface area contributed by atoms with Gasteiger partial charge in [-0.2, -0.15) is 0 Å². The minimum absolute atomic E-state index is 0.0253. The minimum Gasteiger partial charge on any atom is -0.481 e. The molecule has 0 atom stereocenters. The zero-order chi connectivity index (χ0) is 13.5. The summed E-state index contributed by atoms with van der Waals surface area (Å²) in [6.07, 6.45) is 1.51. The second-order valence-corrected chi connectivity index (χ2v) is 3.97. The van der Waals surface area contributed by atoms with E-state index >= 15 is 0 Å².